The maximum atomic E-state index is 12.8. The number of phosphoric ester groups is 1. The van der Waals surface area contributed by atoms with Crippen molar-refractivity contribution in [2.45, 2.75) is 264 Å². The Morgan fingerprint density at radius 2 is 0.783 bits per heavy atom. The quantitative estimate of drug-likeness (QED) is 0.0279. The number of ether oxygens (including phenoxy) is 2. The van der Waals surface area contributed by atoms with E-state index in [1.807, 2.05) is 0 Å². The molecule has 0 aromatic carbocycles. The van der Waals surface area contributed by atoms with Crippen molar-refractivity contribution < 1.29 is 42.1 Å². The number of quaternary nitrogens is 1. The van der Waals surface area contributed by atoms with Crippen LogP contribution in [0.4, 0.5) is 0 Å². The van der Waals surface area contributed by atoms with E-state index < -0.39 is 19.9 Å². The van der Waals surface area contributed by atoms with Crippen LogP contribution in [0.2, 0.25) is 0 Å². The van der Waals surface area contributed by atoms with Gasteiger partial charge in [0.25, 0.3) is 0 Å². The highest BCUT2D eigenvalue weighted by molar-refractivity contribution is 7.47. The molecule has 0 aromatic rings. The SMILES string of the molecule is CCCCCCCCCCCCCCCCCCCC(=O)OCC(COP(=O)(O)OCCCC[N+](C)(C)C)OC(=O)CCCCCCCCCCCCCCCCCCC. The Morgan fingerprint density at radius 3 is 1.13 bits per heavy atom. The van der Waals surface area contributed by atoms with Crippen LogP contribution in [0.15, 0.2) is 0 Å². The van der Waals surface area contributed by atoms with Gasteiger partial charge in [-0.3, -0.25) is 18.6 Å². The van der Waals surface area contributed by atoms with Crippen LogP contribution in [0.5, 0.6) is 0 Å². The normalized spacial score (nSPS) is 13.4. The molecule has 0 aliphatic rings. The first-order chi connectivity index (χ1) is 29.0. The monoisotopic (exact) mass is 875 g/mol. The maximum absolute atomic E-state index is 12.8. The predicted octanol–water partition coefficient (Wildman–Crippen LogP) is 15.1. The zero-order chi connectivity index (χ0) is 44.3. The van der Waals surface area contributed by atoms with Crippen molar-refractivity contribution in [3.63, 3.8) is 0 Å². The van der Waals surface area contributed by atoms with Crippen LogP contribution >= 0.6 is 7.82 Å². The van der Waals surface area contributed by atoms with Gasteiger partial charge < -0.3 is 18.9 Å². The molecule has 0 aliphatic carbocycles. The van der Waals surface area contributed by atoms with Gasteiger partial charge in [0.2, 0.25) is 0 Å². The molecule has 358 valence electrons. The van der Waals surface area contributed by atoms with Crippen molar-refractivity contribution in [3.05, 3.63) is 0 Å². The summed E-state index contributed by atoms with van der Waals surface area (Å²) in [5, 5.41) is 0. The molecule has 9 nitrogen and oxygen atoms in total. The summed E-state index contributed by atoms with van der Waals surface area (Å²) in [4.78, 5) is 35.6. The molecule has 2 unspecified atom stereocenters. The Bertz CT molecular complexity index is 990. The number of unbranched alkanes of at least 4 members (excludes halogenated alkanes) is 33. The molecule has 2 atom stereocenters. The van der Waals surface area contributed by atoms with Crippen LogP contribution in [-0.2, 0) is 32.7 Å². The molecule has 0 heterocycles. The van der Waals surface area contributed by atoms with Gasteiger partial charge in [-0.25, -0.2) is 4.57 Å². The topological polar surface area (TPSA) is 108 Å². The van der Waals surface area contributed by atoms with E-state index in [0.29, 0.717) is 12.8 Å². The first-order valence-corrected chi connectivity index (χ1v) is 27.3. The van der Waals surface area contributed by atoms with Gasteiger partial charge in [-0.05, 0) is 25.7 Å². The molecule has 0 amide bonds. The maximum Gasteiger partial charge on any atom is 0.472 e. The second-order valence-corrected chi connectivity index (χ2v) is 20.4. The van der Waals surface area contributed by atoms with E-state index >= 15 is 0 Å². The minimum absolute atomic E-state index is 0.0892. The lowest BCUT2D eigenvalue weighted by atomic mass is 10.0. The molecule has 0 rings (SSSR count). The molecule has 60 heavy (non-hydrogen) atoms. The lowest BCUT2D eigenvalue weighted by Gasteiger charge is -2.23. The highest BCUT2D eigenvalue weighted by Crippen LogP contribution is 2.43. The van der Waals surface area contributed by atoms with Crippen molar-refractivity contribution in [2.24, 2.45) is 0 Å². The van der Waals surface area contributed by atoms with Gasteiger partial charge >= 0.3 is 19.8 Å². The van der Waals surface area contributed by atoms with E-state index in [1.54, 1.807) is 0 Å². The number of hydrogen-bond acceptors (Lipinski definition) is 7. The van der Waals surface area contributed by atoms with Crippen LogP contribution in [0, 0.1) is 0 Å². The van der Waals surface area contributed by atoms with Crippen LogP contribution in [-0.4, -0.2) is 74.9 Å². The Balaban J connectivity index is 4.30. The van der Waals surface area contributed by atoms with Crippen molar-refractivity contribution in [2.75, 3.05) is 47.5 Å². The van der Waals surface area contributed by atoms with Crippen molar-refractivity contribution in [3.8, 4) is 0 Å². The van der Waals surface area contributed by atoms with Gasteiger partial charge in [-0.2, -0.15) is 0 Å². The van der Waals surface area contributed by atoms with Gasteiger partial charge in [0.15, 0.2) is 6.10 Å². The first-order valence-electron chi connectivity index (χ1n) is 25.8. The van der Waals surface area contributed by atoms with Crippen molar-refractivity contribution >= 4 is 19.8 Å². The minimum Gasteiger partial charge on any atom is -0.462 e. The zero-order valence-corrected chi connectivity index (χ0v) is 41.4. The van der Waals surface area contributed by atoms with Gasteiger partial charge in [-0.15, -0.1) is 0 Å². The standard InChI is InChI=1S/C50H100NO8P/c1-6-8-10-12-14-16-18-20-22-24-26-28-30-32-34-36-38-42-49(52)56-46-48(47-58-60(54,55)57-45-41-40-44-51(3,4)5)59-50(53)43-39-37-35-33-31-29-27-25-23-21-19-17-15-13-11-9-7-2/h48H,6-47H2,1-5H3/p+1. The van der Waals surface area contributed by atoms with E-state index in [-0.39, 0.29) is 32.2 Å². The Hall–Kier alpha value is -0.990. The minimum atomic E-state index is -4.36. The summed E-state index contributed by atoms with van der Waals surface area (Å²) in [6.07, 6.45) is 44.4. The average Bonchev–Trinajstić information content (AvgIpc) is 3.20. The number of esters is 2. The third kappa shape index (κ3) is 46.5. The van der Waals surface area contributed by atoms with Crippen LogP contribution in [0.25, 0.3) is 0 Å². The fourth-order valence-corrected chi connectivity index (χ4v) is 8.48. The summed E-state index contributed by atoms with van der Waals surface area (Å²) in [5.74, 6) is -0.770. The lowest BCUT2D eigenvalue weighted by molar-refractivity contribution is -0.870. The molecule has 0 spiro atoms. The second kappa shape index (κ2) is 43.3. The third-order valence-electron chi connectivity index (χ3n) is 11.6. The molecule has 0 bridgehead atoms. The first kappa shape index (κ1) is 59.0. The van der Waals surface area contributed by atoms with Crippen LogP contribution in [0.1, 0.15) is 258 Å². The molecule has 10 heteroatoms. The number of carbonyl (C=O) groups excluding carboxylic acids is 2. The number of phosphoric acid groups is 1. The summed E-state index contributed by atoms with van der Waals surface area (Å²) in [5.41, 5.74) is 0. The Kier molecular flexibility index (Phi) is 42.6. The van der Waals surface area contributed by atoms with E-state index in [4.69, 9.17) is 18.5 Å². The zero-order valence-electron chi connectivity index (χ0n) is 40.5. The molecule has 0 aromatic heterocycles. The van der Waals surface area contributed by atoms with Gasteiger partial charge in [0.05, 0.1) is 40.9 Å². The average molecular weight is 875 g/mol. The summed E-state index contributed by atoms with van der Waals surface area (Å²) in [7, 11) is 1.93. The molecule has 0 fully saturated rings. The Labute approximate surface area is 372 Å². The number of carbonyl (C=O) groups is 2. The fraction of sp³-hybridized carbons (Fsp3) is 0.960. The van der Waals surface area contributed by atoms with Gasteiger partial charge in [-0.1, -0.05) is 219 Å². The van der Waals surface area contributed by atoms with Crippen LogP contribution in [0.3, 0.4) is 0 Å². The molecular weight excluding hydrogens is 774 g/mol. The number of rotatable bonds is 48. The molecule has 0 saturated heterocycles. The summed E-state index contributed by atoms with van der Waals surface area (Å²) < 4.78 is 34.9. The summed E-state index contributed by atoms with van der Waals surface area (Å²) in [6.45, 7) is 4.95. The third-order valence-corrected chi connectivity index (χ3v) is 12.6. The fourth-order valence-electron chi connectivity index (χ4n) is 7.69. The molecular formula is C50H101NO8P+. The predicted molar refractivity (Wildman–Crippen MR) is 252 cm³/mol. The summed E-state index contributed by atoms with van der Waals surface area (Å²) in [6, 6.07) is 0. The van der Waals surface area contributed by atoms with E-state index in [2.05, 4.69) is 35.0 Å². The van der Waals surface area contributed by atoms with E-state index in [0.717, 1.165) is 56.0 Å². The highest BCUT2D eigenvalue weighted by Gasteiger charge is 2.26. The molecule has 0 saturated carbocycles. The Morgan fingerprint density at radius 1 is 0.450 bits per heavy atom. The van der Waals surface area contributed by atoms with Crippen LogP contribution < -0.4 is 0 Å². The second-order valence-electron chi connectivity index (χ2n) is 18.9. The van der Waals surface area contributed by atoms with Crippen molar-refractivity contribution in [1.82, 2.24) is 0 Å². The smallest absolute Gasteiger partial charge is 0.462 e. The highest BCUT2D eigenvalue weighted by atomic mass is 31.2. The van der Waals surface area contributed by atoms with E-state index in [1.165, 1.54) is 180 Å². The molecule has 0 radical (unpaired) electrons. The number of nitrogens with zero attached hydrogens (tertiary/aromatic N) is 1. The number of hydrogen-bond donors (Lipinski definition) is 1. The summed E-state index contributed by atoms with van der Waals surface area (Å²) >= 11 is 0. The van der Waals surface area contributed by atoms with Crippen molar-refractivity contribution in [1.29, 1.82) is 0 Å². The molecule has 0 aliphatic heterocycles. The van der Waals surface area contributed by atoms with Gasteiger partial charge in [0, 0.05) is 12.8 Å². The molecule has 1 N–H and O–H groups in total. The van der Waals surface area contributed by atoms with E-state index in [9.17, 15) is 19.0 Å². The lowest BCUT2D eigenvalue weighted by Crippen LogP contribution is -2.35. The van der Waals surface area contributed by atoms with Gasteiger partial charge in [0.1, 0.15) is 6.61 Å². The largest absolute Gasteiger partial charge is 0.472 e.